The Morgan fingerprint density at radius 2 is 1.89 bits per heavy atom. The number of carboxylic acid groups (broad SMARTS) is 1. The van der Waals surface area contributed by atoms with E-state index in [0.29, 0.717) is 5.69 Å². The van der Waals surface area contributed by atoms with E-state index >= 15 is 0 Å². The molecule has 1 aromatic heterocycles. The van der Waals surface area contributed by atoms with Crippen LogP contribution in [0.25, 0.3) is 0 Å². The second kappa shape index (κ2) is 6.24. The predicted molar refractivity (Wildman–Crippen MR) is 76.0 cm³/mol. The fraction of sp³-hybridized carbons (Fsp3) is 0.143. The third-order valence-corrected chi connectivity index (χ3v) is 3.74. The Hall–Kier alpha value is -2.01. The van der Waals surface area contributed by atoms with Crippen LogP contribution in [-0.4, -0.2) is 16.1 Å². The lowest BCUT2D eigenvalue weighted by atomic mass is 10.1. The van der Waals surface area contributed by atoms with Crippen molar-refractivity contribution in [2.24, 2.45) is 0 Å². The molecule has 0 atom stereocenters. The van der Waals surface area contributed by atoms with Gasteiger partial charge < -0.3 is 10.8 Å². The highest BCUT2D eigenvalue weighted by Gasteiger charge is 2.02. The zero-order valence-corrected chi connectivity index (χ0v) is 11.1. The first kappa shape index (κ1) is 13.4. The maximum Gasteiger partial charge on any atom is 0.307 e. The number of nitrogens with zero attached hydrogens (tertiary/aromatic N) is 1. The van der Waals surface area contributed by atoms with E-state index in [-0.39, 0.29) is 6.42 Å². The van der Waals surface area contributed by atoms with Gasteiger partial charge in [-0.25, -0.2) is 0 Å². The number of aliphatic carboxylic acids is 1. The zero-order valence-electron chi connectivity index (χ0n) is 10.2. The number of thioether (sulfide) groups is 1. The molecule has 1 heterocycles. The van der Waals surface area contributed by atoms with Crippen LogP contribution in [0, 0.1) is 0 Å². The van der Waals surface area contributed by atoms with E-state index in [0.717, 1.165) is 21.8 Å². The van der Waals surface area contributed by atoms with Gasteiger partial charge in [0.15, 0.2) is 0 Å². The molecule has 0 aliphatic heterocycles. The van der Waals surface area contributed by atoms with Crippen molar-refractivity contribution in [3.8, 4) is 0 Å². The first-order valence-electron chi connectivity index (χ1n) is 5.77. The molecule has 0 unspecified atom stereocenters. The van der Waals surface area contributed by atoms with Crippen molar-refractivity contribution < 1.29 is 9.90 Å². The lowest BCUT2D eigenvalue weighted by Gasteiger charge is -2.05. The molecule has 0 aliphatic carbocycles. The van der Waals surface area contributed by atoms with Gasteiger partial charge in [0.25, 0.3) is 0 Å². The molecule has 0 saturated carbocycles. The molecular weight excluding hydrogens is 260 g/mol. The van der Waals surface area contributed by atoms with Gasteiger partial charge in [-0.1, -0.05) is 24.3 Å². The van der Waals surface area contributed by atoms with Crippen LogP contribution in [0.3, 0.4) is 0 Å². The molecular formula is C14H14N2O2S. The summed E-state index contributed by atoms with van der Waals surface area (Å²) < 4.78 is 0. The summed E-state index contributed by atoms with van der Waals surface area (Å²) in [5, 5.41) is 8.69. The highest BCUT2D eigenvalue weighted by molar-refractivity contribution is 7.98. The number of anilines is 1. The number of rotatable bonds is 5. The van der Waals surface area contributed by atoms with Crippen LogP contribution in [0.1, 0.15) is 11.1 Å². The average Bonchev–Trinajstić information content (AvgIpc) is 2.39. The summed E-state index contributed by atoms with van der Waals surface area (Å²) >= 11 is 1.64. The molecule has 98 valence electrons. The van der Waals surface area contributed by atoms with E-state index in [2.05, 4.69) is 4.98 Å². The minimum absolute atomic E-state index is 0.0602. The van der Waals surface area contributed by atoms with Crippen molar-refractivity contribution in [3.63, 3.8) is 0 Å². The number of nitrogens with two attached hydrogens (primary N) is 1. The molecule has 0 spiro atoms. The normalized spacial score (nSPS) is 10.3. The maximum absolute atomic E-state index is 10.6. The molecule has 0 radical (unpaired) electrons. The quantitative estimate of drug-likeness (QED) is 0.819. The van der Waals surface area contributed by atoms with Gasteiger partial charge in [-0.15, -0.1) is 11.8 Å². The second-order valence-electron chi connectivity index (χ2n) is 4.09. The third kappa shape index (κ3) is 3.99. The Morgan fingerprint density at radius 1 is 1.21 bits per heavy atom. The van der Waals surface area contributed by atoms with Crippen molar-refractivity contribution in [2.75, 3.05) is 5.73 Å². The molecule has 2 rings (SSSR count). The van der Waals surface area contributed by atoms with E-state index in [9.17, 15) is 4.79 Å². The SMILES string of the molecule is Nc1cnccc1SCc1ccc(CC(=O)O)cc1. The van der Waals surface area contributed by atoms with E-state index in [1.54, 1.807) is 24.2 Å². The van der Waals surface area contributed by atoms with Crippen LogP contribution in [0.2, 0.25) is 0 Å². The van der Waals surface area contributed by atoms with Gasteiger partial charge in [0.2, 0.25) is 0 Å². The molecule has 2 aromatic rings. The van der Waals surface area contributed by atoms with Crippen molar-refractivity contribution in [1.29, 1.82) is 0 Å². The van der Waals surface area contributed by atoms with Gasteiger partial charge >= 0.3 is 5.97 Å². The lowest BCUT2D eigenvalue weighted by Crippen LogP contribution is -1.99. The summed E-state index contributed by atoms with van der Waals surface area (Å²) in [6.07, 6.45) is 3.41. The number of hydrogen-bond donors (Lipinski definition) is 2. The topological polar surface area (TPSA) is 76.2 Å². The van der Waals surface area contributed by atoms with E-state index in [1.165, 1.54) is 0 Å². The molecule has 5 heteroatoms. The van der Waals surface area contributed by atoms with Crippen LogP contribution in [0.4, 0.5) is 5.69 Å². The van der Waals surface area contributed by atoms with Crippen LogP contribution in [-0.2, 0) is 17.0 Å². The number of benzene rings is 1. The summed E-state index contributed by atoms with van der Waals surface area (Å²) in [7, 11) is 0. The molecule has 3 N–H and O–H groups in total. The Balaban J connectivity index is 1.97. The Kier molecular flexibility index (Phi) is 4.41. The molecule has 0 bridgehead atoms. The smallest absolute Gasteiger partial charge is 0.307 e. The van der Waals surface area contributed by atoms with E-state index in [1.807, 2.05) is 30.3 Å². The van der Waals surface area contributed by atoms with Gasteiger partial charge in [0.05, 0.1) is 18.3 Å². The van der Waals surface area contributed by atoms with Crippen LogP contribution in [0.5, 0.6) is 0 Å². The summed E-state index contributed by atoms with van der Waals surface area (Å²) in [6, 6.07) is 9.48. The summed E-state index contributed by atoms with van der Waals surface area (Å²) in [5.41, 5.74) is 8.44. The fourth-order valence-corrected chi connectivity index (χ4v) is 2.51. The standard InChI is InChI=1S/C14H14N2O2S/c15-12-8-16-6-5-13(12)19-9-11-3-1-10(2-4-11)7-14(17)18/h1-6,8H,7,9,15H2,(H,17,18). The second-order valence-corrected chi connectivity index (χ2v) is 5.11. The molecule has 19 heavy (non-hydrogen) atoms. The summed E-state index contributed by atoms with van der Waals surface area (Å²) in [5.74, 6) is -0.0200. The highest BCUT2D eigenvalue weighted by Crippen LogP contribution is 2.27. The largest absolute Gasteiger partial charge is 0.481 e. The van der Waals surface area contributed by atoms with Crippen LogP contribution in [0.15, 0.2) is 47.6 Å². The number of aromatic nitrogens is 1. The Labute approximate surface area is 115 Å². The first-order valence-corrected chi connectivity index (χ1v) is 6.75. The molecule has 0 amide bonds. The van der Waals surface area contributed by atoms with E-state index in [4.69, 9.17) is 10.8 Å². The summed E-state index contributed by atoms with van der Waals surface area (Å²) in [4.78, 5) is 15.5. The third-order valence-electron chi connectivity index (χ3n) is 2.58. The predicted octanol–water partition coefficient (Wildman–Crippen LogP) is 2.58. The Bertz CT molecular complexity index is 570. The van der Waals surface area contributed by atoms with Gasteiger partial charge in [0.1, 0.15) is 0 Å². The van der Waals surface area contributed by atoms with Gasteiger partial charge in [-0.05, 0) is 17.2 Å². The number of nitrogen functional groups attached to an aromatic ring is 1. The maximum atomic E-state index is 10.6. The number of hydrogen-bond acceptors (Lipinski definition) is 4. The van der Waals surface area contributed by atoms with Crippen molar-refractivity contribution in [2.45, 2.75) is 17.1 Å². The minimum atomic E-state index is -0.813. The molecule has 1 aromatic carbocycles. The Morgan fingerprint density at radius 3 is 2.53 bits per heavy atom. The molecule has 0 aliphatic rings. The molecule has 0 fully saturated rings. The van der Waals surface area contributed by atoms with E-state index < -0.39 is 5.97 Å². The number of carboxylic acids is 1. The van der Waals surface area contributed by atoms with Crippen molar-refractivity contribution >= 4 is 23.4 Å². The number of pyridine rings is 1. The van der Waals surface area contributed by atoms with Crippen LogP contribution >= 0.6 is 11.8 Å². The summed E-state index contributed by atoms with van der Waals surface area (Å²) in [6.45, 7) is 0. The van der Waals surface area contributed by atoms with Gasteiger partial charge in [0, 0.05) is 16.8 Å². The lowest BCUT2D eigenvalue weighted by molar-refractivity contribution is -0.136. The fourth-order valence-electron chi connectivity index (χ4n) is 1.61. The highest BCUT2D eigenvalue weighted by atomic mass is 32.2. The van der Waals surface area contributed by atoms with Crippen molar-refractivity contribution in [3.05, 3.63) is 53.9 Å². The monoisotopic (exact) mass is 274 g/mol. The first-order chi connectivity index (χ1) is 9.15. The minimum Gasteiger partial charge on any atom is -0.481 e. The molecule has 4 nitrogen and oxygen atoms in total. The van der Waals surface area contributed by atoms with Gasteiger partial charge in [-0.2, -0.15) is 0 Å². The average molecular weight is 274 g/mol. The number of carbonyl (C=O) groups is 1. The molecule has 0 saturated heterocycles. The zero-order chi connectivity index (χ0) is 13.7. The van der Waals surface area contributed by atoms with Crippen molar-refractivity contribution in [1.82, 2.24) is 4.98 Å². The van der Waals surface area contributed by atoms with Crippen LogP contribution < -0.4 is 5.73 Å². The van der Waals surface area contributed by atoms with Gasteiger partial charge in [-0.3, -0.25) is 9.78 Å².